The Balaban J connectivity index is 1.86. The number of benzene rings is 1. The molecular weight excluding hydrogens is 331 g/mol. The fourth-order valence-electron chi connectivity index (χ4n) is 2.67. The Bertz CT molecular complexity index is 687. The number of hydrogen-bond acceptors (Lipinski definition) is 3. The molecule has 1 aromatic heterocycles. The molecule has 2 aromatic rings. The summed E-state index contributed by atoms with van der Waals surface area (Å²) in [7, 11) is 0. The summed E-state index contributed by atoms with van der Waals surface area (Å²) in [6.07, 6.45) is 1.83. The van der Waals surface area contributed by atoms with Crippen molar-refractivity contribution in [1.82, 2.24) is 10.2 Å². The average molecular weight is 344 g/mol. The molecule has 0 aliphatic heterocycles. The molecule has 1 saturated carbocycles. The van der Waals surface area contributed by atoms with Crippen molar-refractivity contribution in [2.45, 2.75) is 19.8 Å². The Morgan fingerprint density at radius 3 is 2.48 bits per heavy atom. The summed E-state index contributed by atoms with van der Waals surface area (Å²) >= 11 is 17.4. The first-order valence-corrected chi connectivity index (χ1v) is 7.65. The van der Waals surface area contributed by atoms with Crippen molar-refractivity contribution in [2.24, 2.45) is 11.3 Å². The van der Waals surface area contributed by atoms with Crippen molar-refractivity contribution in [1.29, 1.82) is 0 Å². The van der Waals surface area contributed by atoms with Crippen molar-refractivity contribution in [2.75, 3.05) is 0 Å². The van der Waals surface area contributed by atoms with Gasteiger partial charge < -0.3 is 4.42 Å². The number of hydrogen-bond donors (Lipinski definition) is 0. The molecule has 1 fully saturated rings. The Morgan fingerprint density at radius 1 is 1.19 bits per heavy atom. The van der Waals surface area contributed by atoms with Crippen LogP contribution in [0.25, 0.3) is 11.5 Å². The van der Waals surface area contributed by atoms with Crippen LogP contribution < -0.4 is 0 Å². The van der Waals surface area contributed by atoms with Gasteiger partial charge in [0, 0.05) is 16.5 Å². The topological polar surface area (TPSA) is 38.9 Å². The van der Waals surface area contributed by atoms with Gasteiger partial charge in [-0.15, -0.1) is 10.2 Å². The van der Waals surface area contributed by atoms with Crippen LogP contribution in [-0.2, 0) is 0 Å². The lowest BCUT2D eigenvalue weighted by molar-refractivity contribution is 0.476. The van der Waals surface area contributed by atoms with Gasteiger partial charge in [0.05, 0.1) is 0 Å². The Labute approximate surface area is 137 Å². The van der Waals surface area contributed by atoms with E-state index < -0.39 is 0 Å². The lowest BCUT2D eigenvalue weighted by Gasteiger charge is -1.97. The summed E-state index contributed by atoms with van der Waals surface area (Å²) in [6.45, 7) is 4.25. The third kappa shape index (κ3) is 2.83. The monoisotopic (exact) mass is 342 g/mol. The van der Waals surface area contributed by atoms with Gasteiger partial charge in [0.1, 0.15) is 4.49 Å². The van der Waals surface area contributed by atoms with Crippen molar-refractivity contribution in [3.05, 3.63) is 45.7 Å². The molecule has 0 N–H and O–H groups in total. The lowest BCUT2D eigenvalue weighted by atomic mass is 10.1. The predicted octanol–water partition coefficient (Wildman–Crippen LogP) is 5.45. The highest BCUT2D eigenvalue weighted by Gasteiger charge is 2.60. The van der Waals surface area contributed by atoms with Gasteiger partial charge in [-0.2, -0.15) is 0 Å². The molecule has 0 saturated heterocycles. The highest BCUT2D eigenvalue weighted by molar-refractivity contribution is 6.55. The second-order valence-corrected chi connectivity index (χ2v) is 7.18. The fraction of sp³-hybridized carbons (Fsp3) is 0.333. The summed E-state index contributed by atoms with van der Waals surface area (Å²) in [6, 6.07) is 7.29. The van der Waals surface area contributed by atoms with Crippen LogP contribution in [0, 0.1) is 11.3 Å². The minimum atomic E-state index is 0.0127. The molecule has 0 spiro atoms. The molecular formula is C15H13Cl3N2O. The van der Waals surface area contributed by atoms with Crippen LogP contribution in [0.5, 0.6) is 0 Å². The normalized spacial score (nSPS) is 22.9. The van der Waals surface area contributed by atoms with E-state index in [0.29, 0.717) is 16.8 Å². The fourth-order valence-corrected chi connectivity index (χ4v) is 3.06. The van der Waals surface area contributed by atoms with E-state index in [1.807, 2.05) is 18.2 Å². The van der Waals surface area contributed by atoms with E-state index in [2.05, 4.69) is 24.0 Å². The Morgan fingerprint density at radius 2 is 1.86 bits per heavy atom. The van der Waals surface area contributed by atoms with Gasteiger partial charge in [0.2, 0.25) is 11.8 Å². The van der Waals surface area contributed by atoms with Crippen molar-refractivity contribution in [3.63, 3.8) is 0 Å². The van der Waals surface area contributed by atoms with Gasteiger partial charge in [0.15, 0.2) is 0 Å². The van der Waals surface area contributed by atoms with E-state index in [1.54, 1.807) is 12.1 Å². The molecule has 0 bridgehead atoms. The van der Waals surface area contributed by atoms with Crippen molar-refractivity contribution in [3.8, 4) is 11.5 Å². The van der Waals surface area contributed by atoms with Crippen LogP contribution >= 0.6 is 34.8 Å². The summed E-state index contributed by atoms with van der Waals surface area (Å²) in [5.41, 5.74) is 0.859. The van der Waals surface area contributed by atoms with Gasteiger partial charge in [-0.3, -0.25) is 0 Å². The third-order valence-electron chi connectivity index (χ3n) is 4.01. The van der Waals surface area contributed by atoms with Crippen LogP contribution in [0.4, 0.5) is 0 Å². The molecule has 1 aliphatic rings. The molecule has 0 unspecified atom stereocenters. The third-order valence-corrected chi connectivity index (χ3v) is 4.52. The zero-order valence-corrected chi connectivity index (χ0v) is 13.7. The summed E-state index contributed by atoms with van der Waals surface area (Å²) in [5, 5.41) is 8.95. The quantitative estimate of drug-likeness (QED) is 0.744. The van der Waals surface area contributed by atoms with E-state index in [0.717, 1.165) is 5.56 Å². The van der Waals surface area contributed by atoms with Crippen LogP contribution in [0.15, 0.2) is 39.3 Å². The summed E-state index contributed by atoms with van der Waals surface area (Å²) in [5.74, 6) is 1.45. The maximum atomic E-state index is 5.87. The Hall–Kier alpha value is -1.03. The predicted molar refractivity (Wildman–Crippen MR) is 84.5 cm³/mol. The van der Waals surface area contributed by atoms with E-state index in [1.165, 1.54) is 0 Å². The largest absolute Gasteiger partial charge is 0.420 e. The zero-order chi connectivity index (χ0) is 15.2. The standard InChI is InChI=1S/C15H13Cl3N2O/c1-15(2)10(7-11(17)18)12(15)14-20-19-13(21-14)8-3-5-9(16)6-4-8/h3-7,10,12H,1-2H3/t10-,12+/m0/s1. The highest BCUT2D eigenvalue weighted by atomic mass is 35.5. The average Bonchev–Trinajstić information content (AvgIpc) is 2.78. The molecule has 110 valence electrons. The van der Waals surface area contributed by atoms with Crippen molar-refractivity contribution >= 4 is 34.8 Å². The van der Waals surface area contributed by atoms with Gasteiger partial charge in [-0.05, 0) is 41.7 Å². The molecule has 3 nitrogen and oxygen atoms in total. The Kier molecular flexibility index (Phi) is 3.76. The van der Waals surface area contributed by atoms with Crippen LogP contribution in [-0.4, -0.2) is 10.2 Å². The van der Waals surface area contributed by atoms with E-state index >= 15 is 0 Å². The molecule has 6 heteroatoms. The van der Waals surface area contributed by atoms with Gasteiger partial charge in [-0.1, -0.05) is 48.7 Å². The summed E-state index contributed by atoms with van der Waals surface area (Å²) < 4.78 is 6.07. The molecule has 1 aromatic carbocycles. The summed E-state index contributed by atoms with van der Waals surface area (Å²) in [4.78, 5) is 0. The second kappa shape index (κ2) is 5.31. The molecule has 0 radical (unpaired) electrons. The van der Waals surface area contributed by atoms with E-state index in [-0.39, 0.29) is 21.7 Å². The lowest BCUT2D eigenvalue weighted by Crippen LogP contribution is -1.90. The molecule has 3 rings (SSSR count). The number of nitrogens with zero attached hydrogens (tertiary/aromatic N) is 2. The zero-order valence-electron chi connectivity index (χ0n) is 11.5. The number of rotatable bonds is 3. The number of halogens is 3. The minimum Gasteiger partial charge on any atom is -0.420 e. The smallest absolute Gasteiger partial charge is 0.247 e. The van der Waals surface area contributed by atoms with E-state index in [9.17, 15) is 0 Å². The highest BCUT2D eigenvalue weighted by Crippen LogP contribution is 2.65. The van der Waals surface area contributed by atoms with Crippen LogP contribution in [0.2, 0.25) is 5.02 Å². The van der Waals surface area contributed by atoms with Gasteiger partial charge in [0.25, 0.3) is 0 Å². The second-order valence-electron chi connectivity index (χ2n) is 5.73. The molecule has 2 atom stereocenters. The molecule has 1 aliphatic carbocycles. The van der Waals surface area contributed by atoms with Crippen LogP contribution in [0.1, 0.15) is 25.7 Å². The van der Waals surface area contributed by atoms with Crippen LogP contribution in [0.3, 0.4) is 0 Å². The maximum Gasteiger partial charge on any atom is 0.247 e. The van der Waals surface area contributed by atoms with Gasteiger partial charge in [-0.25, -0.2) is 0 Å². The first-order chi connectivity index (χ1) is 9.89. The molecule has 21 heavy (non-hydrogen) atoms. The van der Waals surface area contributed by atoms with E-state index in [4.69, 9.17) is 39.2 Å². The first kappa shape index (κ1) is 14.9. The first-order valence-electron chi connectivity index (χ1n) is 6.52. The van der Waals surface area contributed by atoms with Gasteiger partial charge >= 0.3 is 0 Å². The molecule has 0 amide bonds. The number of aromatic nitrogens is 2. The maximum absolute atomic E-state index is 5.87. The SMILES string of the molecule is CC1(C)[C@@H](C=C(Cl)Cl)[C@@H]1c1nnc(-c2ccc(Cl)cc2)o1. The minimum absolute atomic E-state index is 0.0127. The van der Waals surface area contributed by atoms with Crippen molar-refractivity contribution < 1.29 is 4.42 Å². The number of allylic oxidation sites excluding steroid dienone is 1. The molecule has 1 heterocycles.